The number of nitrogens with two attached hydrogens (primary N) is 1. The third-order valence-corrected chi connectivity index (χ3v) is 5.58. The highest BCUT2D eigenvalue weighted by molar-refractivity contribution is 9.10. The molecule has 1 aromatic rings. The fourth-order valence-corrected chi connectivity index (χ4v) is 3.87. The van der Waals surface area contributed by atoms with E-state index in [1.54, 1.807) is 0 Å². The zero-order valence-corrected chi connectivity index (χ0v) is 13.8. The first-order chi connectivity index (χ1) is 8.91. The van der Waals surface area contributed by atoms with Crippen molar-refractivity contribution in [3.8, 4) is 0 Å². The van der Waals surface area contributed by atoms with E-state index in [-0.39, 0.29) is 11.9 Å². The van der Waals surface area contributed by atoms with E-state index in [1.165, 1.54) is 0 Å². The molecule has 0 aromatic heterocycles. The first-order valence-corrected chi connectivity index (χ1v) is 8.24. The van der Waals surface area contributed by atoms with E-state index in [4.69, 9.17) is 5.73 Å². The van der Waals surface area contributed by atoms with Gasteiger partial charge in [-0.15, -0.1) is 0 Å². The van der Waals surface area contributed by atoms with Gasteiger partial charge < -0.3 is 10.6 Å². The van der Waals surface area contributed by atoms with Gasteiger partial charge in [0.25, 0.3) is 5.91 Å². The molecule has 1 aliphatic heterocycles. The number of rotatable bonds is 1. The topological polar surface area (TPSA) is 46.3 Å². The van der Waals surface area contributed by atoms with Crippen molar-refractivity contribution in [2.24, 2.45) is 0 Å². The summed E-state index contributed by atoms with van der Waals surface area (Å²) in [5.74, 6) is 1.09. The molecule has 1 amide bonds. The van der Waals surface area contributed by atoms with Gasteiger partial charge in [-0.25, -0.2) is 0 Å². The highest BCUT2D eigenvalue weighted by atomic mass is 79.9. The number of carbonyl (C=O) groups is 1. The summed E-state index contributed by atoms with van der Waals surface area (Å²) in [5.41, 5.74) is 8.18. The largest absolute Gasteiger partial charge is 0.398 e. The van der Waals surface area contributed by atoms with Crippen LogP contribution in [0.25, 0.3) is 0 Å². The molecule has 0 saturated carbocycles. The summed E-state index contributed by atoms with van der Waals surface area (Å²) in [6.07, 6.45) is 0. The molecule has 1 fully saturated rings. The normalized spacial score (nSPS) is 23.5. The molecule has 0 bridgehead atoms. The van der Waals surface area contributed by atoms with E-state index in [0.717, 1.165) is 22.3 Å². The highest BCUT2D eigenvalue weighted by Gasteiger charge is 2.30. The van der Waals surface area contributed by atoms with Gasteiger partial charge in [-0.05, 0) is 31.5 Å². The zero-order valence-electron chi connectivity index (χ0n) is 11.4. The number of amides is 1. The Labute approximate surface area is 127 Å². The van der Waals surface area contributed by atoms with E-state index in [2.05, 4.69) is 29.8 Å². The van der Waals surface area contributed by atoms with E-state index < -0.39 is 0 Å². The Morgan fingerprint density at radius 1 is 1.47 bits per heavy atom. The zero-order chi connectivity index (χ0) is 14.2. The molecule has 1 heterocycles. The molecule has 2 unspecified atom stereocenters. The smallest absolute Gasteiger partial charge is 0.254 e. The molecule has 1 aromatic carbocycles. The highest BCUT2D eigenvalue weighted by Crippen LogP contribution is 2.29. The SMILES string of the molecule is Cc1c(N)cc(Br)cc1C(=O)N1CCSC(C)C1C. The number of hydrogen-bond donors (Lipinski definition) is 1. The van der Waals surface area contributed by atoms with E-state index >= 15 is 0 Å². The predicted molar refractivity (Wildman–Crippen MR) is 85.7 cm³/mol. The van der Waals surface area contributed by atoms with Gasteiger partial charge >= 0.3 is 0 Å². The van der Waals surface area contributed by atoms with Crippen molar-refractivity contribution in [3.63, 3.8) is 0 Å². The van der Waals surface area contributed by atoms with E-state index in [9.17, 15) is 4.79 Å². The molecule has 0 aliphatic carbocycles. The summed E-state index contributed by atoms with van der Waals surface area (Å²) in [5, 5.41) is 0.475. The lowest BCUT2D eigenvalue weighted by molar-refractivity contribution is 0.0697. The van der Waals surface area contributed by atoms with Crippen molar-refractivity contribution in [2.75, 3.05) is 18.0 Å². The van der Waals surface area contributed by atoms with Gasteiger partial charge in [0.2, 0.25) is 0 Å². The lowest BCUT2D eigenvalue weighted by Crippen LogP contribution is -2.48. The number of anilines is 1. The Morgan fingerprint density at radius 3 is 2.84 bits per heavy atom. The maximum Gasteiger partial charge on any atom is 0.254 e. The molecule has 0 spiro atoms. The predicted octanol–water partition coefficient (Wildman–Crippen LogP) is 3.31. The molecule has 5 heteroatoms. The van der Waals surface area contributed by atoms with Gasteiger partial charge in [0, 0.05) is 39.3 Å². The molecule has 0 radical (unpaired) electrons. The lowest BCUT2D eigenvalue weighted by Gasteiger charge is -2.37. The van der Waals surface area contributed by atoms with Crippen LogP contribution in [0.1, 0.15) is 29.8 Å². The van der Waals surface area contributed by atoms with Crippen LogP contribution in [0.15, 0.2) is 16.6 Å². The standard InChI is InChI=1S/C14H19BrN2OS/c1-8-12(6-11(15)7-13(8)16)14(18)17-4-5-19-10(3)9(17)2/h6-7,9-10H,4-5,16H2,1-3H3. The van der Waals surface area contributed by atoms with Crippen LogP contribution < -0.4 is 5.73 Å². The molecule has 1 aliphatic rings. The van der Waals surface area contributed by atoms with Crippen LogP contribution in [0.3, 0.4) is 0 Å². The van der Waals surface area contributed by atoms with Gasteiger partial charge in [-0.3, -0.25) is 4.79 Å². The lowest BCUT2D eigenvalue weighted by atomic mass is 10.0. The number of hydrogen-bond acceptors (Lipinski definition) is 3. The second-order valence-electron chi connectivity index (χ2n) is 4.98. The molecule has 19 heavy (non-hydrogen) atoms. The summed E-state index contributed by atoms with van der Waals surface area (Å²) >= 11 is 5.34. The Bertz CT molecular complexity index is 506. The average molecular weight is 343 g/mol. The summed E-state index contributed by atoms with van der Waals surface area (Å²) < 4.78 is 0.853. The summed E-state index contributed by atoms with van der Waals surface area (Å²) in [6.45, 7) is 7.00. The second-order valence-corrected chi connectivity index (χ2v) is 7.38. The van der Waals surface area contributed by atoms with Crippen LogP contribution >= 0.6 is 27.7 Å². The summed E-state index contributed by atoms with van der Waals surface area (Å²) in [6, 6.07) is 3.96. The molecule has 104 valence electrons. The second kappa shape index (κ2) is 5.75. The van der Waals surface area contributed by atoms with E-state index in [0.29, 0.717) is 16.5 Å². The number of thioether (sulfide) groups is 1. The summed E-state index contributed by atoms with van der Waals surface area (Å²) in [7, 11) is 0. The third kappa shape index (κ3) is 2.92. The van der Waals surface area contributed by atoms with Crippen molar-refractivity contribution in [2.45, 2.75) is 32.1 Å². The average Bonchev–Trinajstić information content (AvgIpc) is 2.36. The van der Waals surface area contributed by atoms with Crippen LogP contribution in [0, 0.1) is 6.92 Å². The van der Waals surface area contributed by atoms with Crippen LogP contribution in [0.2, 0.25) is 0 Å². The van der Waals surface area contributed by atoms with Crippen LogP contribution in [-0.4, -0.2) is 34.4 Å². The van der Waals surface area contributed by atoms with Gasteiger partial charge in [0.1, 0.15) is 0 Å². The van der Waals surface area contributed by atoms with Crippen LogP contribution in [0.5, 0.6) is 0 Å². The first-order valence-electron chi connectivity index (χ1n) is 6.40. The van der Waals surface area contributed by atoms with Gasteiger partial charge in [0.15, 0.2) is 0 Å². The van der Waals surface area contributed by atoms with E-state index in [1.807, 2.05) is 35.7 Å². The molecule has 2 N–H and O–H groups in total. The van der Waals surface area contributed by atoms with Crippen molar-refractivity contribution in [1.29, 1.82) is 0 Å². The van der Waals surface area contributed by atoms with Crippen LogP contribution in [-0.2, 0) is 0 Å². The number of benzene rings is 1. The van der Waals surface area contributed by atoms with Gasteiger partial charge in [-0.1, -0.05) is 22.9 Å². The third-order valence-electron chi connectivity index (χ3n) is 3.79. The van der Waals surface area contributed by atoms with Crippen molar-refractivity contribution in [3.05, 3.63) is 27.7 Å². The van der Waals surface area contributed by atoms with Gasteiger partial charge in [-0.2, -0.15) is 11.8 Å². The minimum atomic E-state index is 0.0881. The Hall–Kier alpha value is -0.680. The fourth-order valence-electron chi connectivity index (χ4n) is 2.30. The Balaban J connectivity index is 2.34. The number of nitrogen functional groups attached to an aromatic ring is 1. The monoisotopic (exact) mass is 342 g/mol. The molecular weight excluding hydrogens is 324 g/mol. The maximum absolute atomic E-state index is 12.7. The Kier molecular flexibility index (Phi) is 4.46. The molecular formula is C14H19BrN2OS. The van der Waals surface area contributed by atoms with Gasteiger partial charge in [0.05, 0.1) is 0 Å². The Morgan fingerprint density at radius 2 is 2.16 bits per heavy atom. The maximum atomic E-state index is 12.7. The number of halogens is 1. The number of nitrogens with zero attached hydrogens (tertiary/aromatic N) is 1. The molecule has 1 saturated heterocycles. The quantitative estimate of drug-likeness (QED) is 0.796. The molecule has 2 rings (SSSR count). The van der Waals surface area contributed by atoms with Crippen LogP contribution in [0.4, 0.5) is 5.69 Å². The van der Waals surface area contributed by atoms with Crippen molar-refractivity contribution < 1.29 is 4.79 Å². The number of carbonyl (C=O) groups excluding carboxylic acids is 1. The minimum absolute atomic E-state index is 0.0881. The van der Waals surface area contributed by atoms with Crippen molar-refractivity contribution >= 4 is 39.3 Å². The molecule has 2 atom stereocenters. The minimum Gasteiger partial charge on any atom is -0.398 e. The summed E-state index contributed by atoms with van der Waals surface area (Å²) in [4.78, 5) is 14.7. The first kappa shape index (κ1) is 14.7. The van der Waals surface area contributed by atoms with Crippen molar-refractivity contribution in [1.82, 2.24) is 4.90 Å². The fraction of sp³-hybridized carbons (Fsp3) is 0.500. The molecule has 3 nitrogen and oxygen atoms in total.